The maximum Gasteiger partial charge on any atom is 0.305 e. The van der Waals surface area contributed by atoms with E-state index in [1.165, 1.54) is 12.1 Å². The second-order valence-electron chi connectivity index (χ2n) is 2.94. The number of aromatic amines is 1. The zero-order valence-electron chi connectivity index (χ0n) is 7.27. The summed E-state index contributed by atoms with van der Waals surface area (Å²) < 4.78 is 23.1. The number of H-pyrrole nitrogens is 1. The standard InChI is InChI=1S/C8H7NO3S2/c1-14(11,12)5-2-3-6-7(4-5)13-8(10)9-6/h2-4H,1H3,(H,9,10). The Bertz CT molecular complexity index is 636. The molecule has 1 heterocycles. The Hall–Kier alpha value is -1.14. The summed E-state index contributed by atoms with van der Waals surface area (Å²) >= 11 is 1.01. The number of hydrogen-bond donors (Lipinski definition) is 1. The lowest BCUT2D eigenvalue weighted by molar-refractivity contribution is 0.602. The number of fused-ring (bicyclic) bond motifs is 1. The lowest BCUT2D eigenvalue weighted by atomic mass is 10.3. The van der Waals surface area contributed by atoms with Crippen LogP contribution in [-0.2, 0) is 9.84 Å². The van der Waals surface area contributed by atoms with Crippen molar-refractivity contribution in [2.24, 2.45) is 0 Å². The highest BCUT2D eigenvalue weighted by Crippen LogP contribution is 2.19. The SMILES string of the molecule is CS(=O)(=O)c1ccc2[nH]c(=O)sc2c1. The van der Waals surface area contributed by atoms with Gasteiger partial charge in [0, 0.05) is 6.26 Å². The Morgan fingerprint density at radius 2 is 2.07 bits per heavy atom. The number of benzene rings is 1. The van der Waals surface area contributed by atoms with Crippen molar-refractivity contribution in [1.29, 1.82) is 0 Å². The van der Waals surface area contributed by atoms with E-state index in [1.807, 2.05) is 0 Å². The van der Waals surface area contributed by atoms with Crippen LogP contribution in [0.2, 0.25) is 0 Å². The topological polar surface area (TPSA) is 67.0 Å². The first-order chi connectivity index (χ1) is 6.47. The summed E-state index contributed by atoms with van der Waals surface area (Å²) in [5, 5.41) is 0. The van der Waals surface area contributed by atoms with Gasteiger partial charge in [0.2, 0.25) is 0 Å². The zero-order chi connectivity index (χ0) is 10.3. The van der Waals surface area contributed by atoms with Gasteiger partial charge in [-0.2, -0.15) is 0 Å². The molecule has 0 aliphatic carbocycles. The van der Waals surface area contributed by atoms with Crippen LogP contribution in [0.15, 0.2) is 27.9 Å². The molecule has 0 radical (unpaired) electrons. The number of rotatable bonds is 1. The van der Waals surface area contributed by atoms with Crippen molar-refractivity contribution < 1.29 is 8.42 Å². The summed E-state index contributed by atoms with van der Waals surface area (Å²) in [4.78, 5) is 13.6. The van der Waals surface area contributed by atoms with E-state index in [0.29, 0.717) is 10.2 Å². The number of sulfone groups is 1. The van der Waals surface area contributed by atoms with Gasteiger partial charge in [0.15, 0.2) is 9.84 Å². The highest BCUT2D eigenvalue weighted by Gasteiger charge is 2.08. The van der Waals surface area contributed by atoms with Crippen LogP contribution in [0, 0.1) is 0 Å². The summed E-state index contributed by atoms with van der Waals surface area (Å²) in [6.45, 7) is 0. The molecule has 1 N–H and O–H groups in total. The van der Waals surface area contributed by atoms with Crippen molar-refractivity contribution in [3.8, 4) is 0 Å². The molecule has 1 aromatic carbocycles. The van der Waals surface area contributed by atoms with E-state index >= 15 is 0 Å². The molecule has 14 heavy (non-hydrogen) atoms. The van der Waals surface area contributed by atoms with Gasteiger partial charge in [0.05, 0.1) is 15.1 Å². The van der Waals surface area contributed by atoms with E-state index in [1.54, 1.807) is 6.07 Å². The normalized spacial score (nSPS) is 12.1. The molecule has 0 spiro atoms. The van der Waals surface area contributed by atoms with Crippen molar-refractivity contribution in [1.82, 2.24) is 4.98 Å². The van der Waals surface area contributed by atoms with Crippen LogP contribution in [-0.4, -0.2) is 19.7 Å². The Balaban J connectivity index is 2.80. The van der Waals surface area contributed by atoms with E-state index in [4.69, 9.17) is 0 Å². The number of hydrogen-bond acceptors (Lipinski definition) is 4. The Morgan fingerprint density at radius 3 is 2.71 bits per heavy atom. The molecule has 1 aromatic heterocycles. The molecule has 2 aromatic rings. The fourth-order valence-electron chi connectivity index (χ4n) is 1.16. The highest BCUT2D eigenvalue weighted by atomic mass is 32.2. The molecule has 0 aliphatic heterocycles. The van der Waals surface area contributed by atoms with Crippen LogP contribution in [0.1, 0.15) is 0 Å². The van der Waals surface area contributed by atoms with E-state index in [9.17, 15) is 13.2 Å². The first-order valence-electron chi connectivity index (χ1n) is 3.80. The van der Waals surface area contributed by atoms with Crippen molar-refractivity contribution >= 4 is 31.4 Å². The number of nitrogens with one attached hydrogen (secondary N) is 1. The molecule has 2 rings (SSSR count). The second kappa shape index (κ2) is 2.93. The largest absolute Gasteiger partial charge is 0.312 e. The lowest BCUT2D eigenvalue weighted by Gasteiger charge is -1.96. The monoisotopic (exact) mass is 229 g/mol. The lowest BCUT2D eigenvalue weighted by Crippen LogP contribution is -1.95. The third kappa shape index (κ3) is 1.58. The minimum Gasteiger partial charge on any atom is -0.312 e. The minimum absolute atomic E-state index is 0.175. The molecule has 6 heteroatoms. The van der Waals surface area contributed by atoms with Crippen molar-refractivity contribution in [2.45, 2.75) is 4.90 Å². The molecule has 0 unspecified atom stereocenters. The average molecular weight is 229 g/mol. The van der Waals surface area contributed by atoms with Crippen LogP contribution >= 0.6 is 11.3 Å². The molecular formula is C8H7NO3S2. The number of thiazole rings is 1. The van der Waals surface area contributed by atoms with Crippen LogP contribution in [0.3, 0.4) is 0 Å². The van der Waals surface area contributed by atoms with Crippen molar-refractivity contribution in [3.05, 3.63) is 27.9 Å². The molecule has 4 nitrogen and oxygen atoms in total. The molecule has 0 saturated carbocycles. The third-order valence-electron chi connectivity index (χ3n) is 1.82. The second-order valence-corrected chi connectivity index (χ2v) is 5.98. The Morgan fingerprint density at radius 1 is 1.36 bits per heavy atom. The Labute approximate surface area is 84.1 Å². The molecule has 0 amide bonds. The van der Waals surface area contributed by atoms with Gasteiger partial charge in [-0.15, -0.1) is 0 Å². The molecule has 0 bridgehead atoms. The van der Waals surface area contributed by atoms with Gasteiger partial charge in [-0.1, -0.05) is 11.3 Å². The average Bonchev–Trinajstić information content (AvgIpc) is 2.41. The van der Waals surface area contributed by atoms with E-state index in [2.05, 4.69) is 4.98 Å². The van der Waals surface area contributed by atoms with Crippen LogP contribution in [0.5, 0.6) is 0 Å². The van der Waals surface area contributed by atoms with Gasteiger partial charge < -0.3 is 4.98 Å². The summed E-state index contributed by atoms with van der Waals surface area (Å²) in [5.74, 6) is 0. The van der Waals surface area contributed by atoms with Gasteiger partial charge in [0.25, 0.3) is 0 Å². The molecule has 0 fully saturated rings. The minimum atomic E-state index is -3.19. The molecule has 0 aliphatic rings. The van der Waals surface area contributed by atoms with Gasteiger partial charge in [-0.25, -0.2) is 8.42 Å². The van der Waals surface area contributed by atoms with Gasteiger partial charge in [-0.05, 0) is 18.2 Å². The van der Waals surface area contributed by atoms with Gasteiger partial charge >= 0.3 is 4.87 Å². The first kappa shape index (κ1) is 9.42. The highest BCUT2D eigenvalue weighted by molar-refractivity contribution is 7.90. The van der Waals surface area contributed by atoms with E-state index in [-0.39, 0.29) is 9.77 Å². The Kier molecular flexibility index (Phi) is 1.97. The third-order valence-corrected chi connectivity index (χ3v) is 3.78. The van der Waals surface area contributed by atoms with E-state index in [0.717, 1.165) is 17.6 Å². The summed E-state index contributed by atoms with van der Waals surface area (Å²) in [6.07, 6.45) is 1.14. The molecule has 0 saturated heterocycles. The number of aromatic nitrogens is 1. The fourth-order valence-corrected chi connectivity index (χ4v) is 2.65. The van der Waals surface area contributed by atoms with Crippen LogP contribution in [0.25, 0.3) is 10.2 Å². The molecule has 0 atom stereocenters. The van der Waals surface area contributed by atoms with Crippen molar-refractivity contribution in [2.75, 3.05) is 6.26 Å². The first-order valence-corrected chi connectivity index (χ1v) is 6.50. The quantitative estimate of drug-likeness (QED) is 0.793. The summed E-state index contributed by atoms with van der Waals surface area (Å²) in [6, 6.07) is 4.59. The van der Waals surface area contributed by atoms with Gasteiger partial charge in [-0.3, -0.25) is 4.79 Å². The fraction of sp³-hybridized carbons (Fsp3) is 0.125. The van der Waals surface area contributed by atoms with E-state index < -0.39 is 9.84 Å². The van der Waals surface area contributed by atoms with Crippen LogP contribution in [0.4, 0.5) is 0 Å². The predicted octanol–water partition coefficient (Wildman–Crippen LogP) is 0.993. The zero-order valence-corrected chi connectivity index (χ0v) is 8.91. The summed E-state index contributed by atoms with van der Waals surface area (Å²) in [7, 11) is -3.19. The van der Waals surface area contributed by atoms with Gasteiger partial charge in [0.1, 0.15) is 0 Å². The maximum atomic E-state index is 11.2. The smallest absolute Gasteiger partial charge is 0.305 e. The summed E-state index contributed by atoms with van der Waals surface area (Å²) in [5.41, 5.74) is 0.674. The predicted molar refractivity (Wildman–Crippen MR) is 55.6 cm³/mol. The van der Waals surface area contributed by atoms with Crippen molar-refractivity contribution in [3.63, 3.8) is 0 Å². The van der Waals surface area contributed by atoms with Crippen LogP contribution < -0.4 is 4.87 Å². The maximum absolute atomic E-state index is 11.2. The molecular weight excluding hydrogens is 222 g/mol. The molecule has 74 valence electrons.